The predicted octanol–water partition coefficient (Wildman–Crippen LogP) is 5.57. The first-order valence-electron chi connectivity index (χ1n) is 9.91. The van der Waals surface area contributed by atoms with Crippen LogP contribution in [0.3, 0.4) is 0 Å². The van der Waals surface area contributed by atoms with Crippen LogP contribution in [0.4, 0.5) is 0 Å². The summed E-state index contributed by atoms with van der Waals surface area (Å²) in [6, 6.07) is 12.0. The van der Waals surface area contributed by atoms with Crippen LogP contribution in [0.15, 0.2) is 41.4 Å². The molecule has 6 rings (SSSR count). The first-order chi connectivity index (χ1) is 12.2. The molecule has 2 aromatic carbocycles. The summed E-state index contributed by atoms with van der Waals surface area (Å²) in [5.41, 5.74) is 1.32. The maximum atomic E-state index is 10.3. The topological polar surface area (TPSA) is 32.6 Å². The van der Waals surface area contributed by atoms with Gasteiger partial charge in [-0.05, 0) is 72.1 Å². The largest absolute Gasteiger partial charge is 0.507 e. The lowest BCUT2D eigenvalue weighted by Gasteiger charge is -2.47. The highest BCUT2D eigenvalue weighted by Crippen LogP contribution is 2.57. The fourth-order valence-electron chi connectivity index (χ4n) is 6.31. The quantitative estimate of drug-likeness (QED) is 0.732. The van der Waals surface area contributed by atoms with Crippen molar-refractivity contribution in [3.63, 3.8) is 0 Å². The standard InChI is InChI=1S/C23H27NO/c25-22-8-7-19-3-1-2-4-20(19)21(22)14-24-15-23-11-16-5-6-17(12-23)10-18(9-16)13-23/h1-4,7-8,14,16-18,25H,5-6,9-13,15H2/t16-,17-,18?,23?/m0/s1. The minimum atomic E-state index is 0.338. The Morgan fingerprint density at radius 2 is 1.68 bits per heavy atom. The molecule has 2 nitrogen and oxygen atoms in total. The number of phenols is 1. The highest BCUT2D eigenvalue weighted by molar-refractivity contribution is 6.02. The first-order valence-corrected chi connectivity index (χ1v) is 9.91. The molecule has 4 saturated carbocycles. The van der Waals surface area contributed by atoms with Crippen LogP contribution >= 0.6 is 0 Å². The van der Waals surface area contributed by atoms with Crippen molar-refractivity contribution in [1.82, 2.24) is 0 Å². The number of hydrogen-bond acceptors (Lipinski definition) is 2. The first kappa shape index (κ1) is 15.4. The van der Waals surface area contributed by atoms with Crippen LogP contribution in [-0.4, -0.2) is 17.9 Å². The Morgan fingerprint density at radius 1 is 0.960 bits per heavy atom. The highest BCUT2D eigenvalue weighted by atomic mass is 16.3. The van der Waals surface area contributed by atoms with Crippen molar-refractivity contribution < 1.29 is 5.11 Å². The summed E-state index contributed by atoms with van der Waals surface area (Å²) in [5.74, 6) is 3.20. The summed E-state index contributed by atoms with van der Waals surface area (Å²) in [4.78, 5) is 4.90. The van der Waals surface area contributed by atoms with Gasteiger partial charge in [0.25, 0.3) is 0 Å². The van der Waals surface area contributed by atoms with Gasteiger partial charge in [-0.15, -0.1) is 0 Å². The third-order valence-corrected chi connectivity index (χ3v) is 7.08. The number of rotatable bonds is 3. The Kier molecular flexibility index (Phi) is 3.62. The summed E-state index contributed by atoms with van der Waals surface area (Å²) < 4.78 is 0. The number of phenolic OH excluding ortho intramolecular Hbond substituents is 1. The molecule has 0 unspecified atom stereocenters. The van der Waals surface area contributed by atoms with Crippen LogP contribution in [0.25, 0.3) is 10.8 Å². The third kappa shape index (κ3) is 2.76. The van der Waals surface area contributed by atoms with E-state index in [1.54, 1.807) is 6.07 Å². The molecule has 0 saturated heterocycles. The zero-order chi connectivity index (χ0) is 16.9. The number of nitrogens with zero attached hydrogens (tertiary/aromatic N) is 1. The van der Waals surface area contributed by atoms with Crippen molar-refractivity contribution in [1.29, 1.82) is 0 Å². The average Bonchev–Trinajstić information content (AvgIpc) is 2.82. The fraction of sp³-hybridized carbons (Fsp3) is 0.522. The van der Waals surface area contributed by atoms with Crippen LogP contribution in [0, 0.1) is 23.2 Å². The van der Waals surface area contributed by atoms with Gasteiger partial charge in [0, 0.05) is 18.3 Å². The Balaban J connectivity index is 1.42. The molecule has 2 heteroatoms. The van der Waals surface area contributed by atoms with E-state index >= 15 is 0 Å². The van der Waals surface area contributed by atoms with E-state index in [1.807, 2.05) is 24.4 Å². The van der Waals surface area contributed by atoms with E-state index in [1.165, 1.54) is 44.9 Å². The van der Waals surface area contributed by atoms with E-state index in [-0.39, 0.29) is 0 Å². The van der Waals surface area contributed by atoms with Crippen LogP contribution in [-0.2, 0) is 0 Å². The molecule has 1 N–H and O–H groups in total. The van der Waals surface area contributed by atoms with Crippen molar-refractivity contribution in [2.24, 2.45) is 28.2 Å². The second kappa shape index (κ2) is 5.86. The second-order valence-corrected chi connectivity index (χ2v) is 8.95. The summed E-state index contributed by atoms with van der Waals surface area (Å²) >= 11 is 0. The molecular formula is C23H27NO. The smallest absolute Gasteiger partial charge is 0.124 e. The molecule has 2 atom stereocenters. The van der Waals surface area contributed by atoms with Gasteiger partial charge in [-0.2, -0.15) is 0 Å². The van der Waals surface area contributed by atoms with Gasteiger partial charge in [0.15, 0.2) is 0 Å². The molecule has 0 spiro atoms. The van der Waals surface area contributed by atoms with E-state index in [4.69, 9.17) is 4.99 Å². The van der Waals surface area contributed by atoms with E-state index in [9.17, 15) is 5.11 Å². The summed E-state index contributed by atoms with van der Waals surface area (Å²) in [7, 11) is 0. The molecule has 0 aromatic heterocycles. The molecule has 4 aliphatic carbocycles. The maximum Gasteiger partial charge on any atom is 0.124 e. The predicted molar refractivity (Wildman–Crippen MR) is 103 cm³/mol. The maximum absolute atomic E-state index is 10.3. The lowest BCUT2D eigenvalue weighted by atomic mass is 9.58. The SMILES string of the molecule is Oc1ccc2ccccc2c1C=NCC12CC3C[C@H](CC[C@@H](C3)C1)C2. The summed E-state index contributed by atoms with van der Waals surface area (Å²) in [6.07, 6.45) is 12.0. The molecule has 4 bridgehead atoms. The van der Waals surface area contributed by atoms with Gasteiger partial charge in [0.2, 0.25) is 0 Å². The molecule has 0 amide bonds. The molecule has 0 radical (unpaired) electrons. The van der Waals surface area contributed by atoms with Gasteiger partial charge in [0.1, 0.15) is 5.75 Å². The normalized spacial score (nSPS) is 34.0. The van der Waals surface area contributed by atoms with E-state index in [2.05, 4.69) is 12.1 Å². The monoisotopic (exact) mass is 333 g/mol. The van der Waals surface area contributed by atoms with Crippen LogP contribution in [0.2, 0.25) is 0 Å². The third-order valence-electron chi connectivity index (χ3n) is 7.08. The van der Waals surface area contributed by atoms with Crippen molar-refractivity contribution in [2.45, 2.75) is 44.9 Å². The van der Waals surface area contributed by atoms with Gasteiger partial charge < -0.3 is 5.11 Å². The molecule has 2 aromatic rings. The Labute approximate surface area is 150 Å². The van der Waals surface area contributed by atoms with Crippen molar-refractivity contribution >= 4 is 17.0 Å². The second-order valence-electron chi connectivity index (χ2n) is 8.95. The molecule has 0 aliphatic heterocycles. The van der Waals surface area contributed by atoms with Crippen LogP contribution in [0.5, 0.6) is 5.75 Å². The van der Waals surface area contributed by atoms with Crippen LogP contribution in [0.1, 0.15) is 50.5 Å². The number of fused-ring (bicyclic) bond motifs is 2. The molecule has 25 heavy (non-hydrogen) atoms. The number of aromatic hydroxyl groups is 1. The zero-order valence-corrected chi connectivity index (χ0v) is 14.8. The fourth-order valence-corrected chi connectivity index (χ4v) is 6.31. The highest BCUT2D eigenvalue weighted by Gasteiger charge is 2.48. The number of hydrogen-bond donors (Lipinski definition) is 1. The van der Waals surface area contributed by atoms with Gasteiger partial charge in [-0.25, -0.2) is 0 Å². The molecule has 4 aliphatic rings. The molecular weight excluding hydrogens is 306 g/mol. The van der Waals surface area contributed by atoms with Crippen molar-refractivity contribution in [3.05, 3.63) is 42.0 Å². The van der Waals surface area contributed by atoms with Gasteiger partial charge in [-0.1, -0.05) is 43.2 Å². The van der Waals surface area contributed by atoms with Crippen molar-refractivity contribution in [2.75, 3.05) is 6.54 Å². The lowest BCUT2D eigenvalue weighted by molar-refractivity contribution is 0.0428. The van der Waals surface area contributed by atoms with E-state index in [0.717, 1.165) is 40.6 Å². The zero-order valence-electron chi connectivity index (χ0n) is 14.8. The lowest BCUT2D eigenvalue weighted by Crippen LogP contribution is -2.39. The van der Waals surface area contributed by atoms with E-state index < -0.39 is 0 Å². The van der Waals surface area contributed by atoms with Gasteiger partial charge in [-0.3, -0.25) is 4.99 Å². The Bertz CT molecular complexity index is 808. The van der Waals surface area contributed by atoms with Gasteiger partial charge in [0.05, 0.1) is 0 Å². The molecule has 130 valence electrons. The summed E-state index contributed by atoms with van der Waals surface area (Å²) in [5, 5.41) is 12.6. The Morgan fingerprint density at radius 3 is 2.48 bits per heavy atom. The van der Waals surface area contributed by atoms with E-state index in [0.29, 0.717) is 11.2 Å². The minimum absolute atomic E-state index is 0.338. The minimum Gasteiger partial charge on any atom is -0.507 e. The van der Waals surface area contributed by atoms with Crippen molar-refractivity contribution in [3.8, 4) is 5.75 Å². The van der Waals surface area contributed by atoms with Gasteiger partial charge >= 0.3 is 0 Å². The number of benzene rings is 2. The molecule has 0 heterocycles. The average molecular weight is 333 g/mol. The Hall–Kier alpha value is -1.83. The van der Waals surface area contributed by atoms with Crippen LogP contribution < -0.4 is 0 Å². The number of aliphatic imine (C=N–C) groups is 1. The molecule has 4 fully saturated rings. The summed E-state index contributed by atoms with van der Waals surface area (Å²) in [6.45, 7) is 0.944.